The van der Waals surface area contributed by atoms with Crippen molar-refractivity contribution < 1.29 is 19.1 Å². The molecule has 4 amide bonds. The molecule has 0 radical (unpaired) electrons. The zero-order valence-electron chi connectivity index (χ0n) is 16.2. The monoisotopic (exact) mass is 425 g/mol. The second-order valence-electron chi connectivity index (χ2n) is 6.11. The lowest BCUT2D eigenvalue weighted by atomic mass is 10.2. The normalized spacial score (nSPS) is 10.2. The van der Waals surface area contributed by atoms with Gasteiger partial charge in [0.05, 0.1) is 18.5 Å². The number of hydrogen-bond donors (Lipinski definition) is 4. The fourth-order valence-electron chi connectivity index (χ4n) is 2.56. The molecule has 0 bridgehead atoms. The number of nitrogens with two attached hydrogens (primary N) is 1. The van der Waals surface area contributed by atoms with Gasteiger partial charge in [-0.25, -0.2) is 9.78 Å². The number of para-hydroxylation sites is 2. The lowest BCUT2D eigenvalue weighted by Crippen LogP contribution is -2.19. The van der Waals surface area contributed by atoms with E-state index < -0.39 is 11.9 Å². The first-order chi connectivity index (χ1) is 14.4. The molecule has 5 N–H and O–H groups in total. The van der Waals surface area contributed by atoms with Gasteiger partial charge in [0.2, 0.25) is 5.91 Å². The number of ether oxygens (including phenoxy) is 1. The molecule has 0 atom stereocenters. The molecule has 0 unspecified atom stereocenters. The fraction of sp³-hybridized carbons (Fsp3) is 0.100. The van der Waals surface area contributed by atoms with E-state index in [0.717, 1.165) is 11.3 Å². The van der Waals surface area contributed by atoms with E-state index in [1.54, 1.807) is 43.3 Å². The van der Waals surface area contributed by atoms with Crippen LogP contribution in [0.3, 0.4) is 0 Å². The van der Waals surface area contributed by atoms with Crippen LogP contribution in [0.25, 0.3) is 0 Å². The van der Waals surface area contributed by atoms with E-state index in [9.17, 15) is 14.4 Å². The van der Waals surface area contributed by atoms with Gasteiger partial charge in [0.25, 0.3) is 5.91 Å². The molecule has 0 aliphatic heterocycles. The summed E-state index contributed by atoms with van der Waals surface area (Å²) >= 11 is 1.04. The molecule has 2 aromatic carbocycles. The van der Waals surface area contributed by atoms with Crippen molar-refractivity contribution in [3.05, 3.63) is 64.7 Å². The summed E-state index contributed by atoms with van der Waals surface area (Å²) in [6.45, 7) is 1.67. The average Bonchev–Trinajstić information content (AvgIpc) is 3.08. The van der Waals surface area contributed by atoms with Gasteiger partial charge in [-0.05, 0) is 43.3 Å². The Labute approximate surface area is 176 Å². The topological polar surface area (TPSA) is 135 Å². The molecule has 3 rings (SSSR count). The smallest absolute Gasteiger partial charge is 0.325 e. The third-order valence-corrected chi connectivity index (χ3v) is 5.08. The van der Waals surface area contributed by atoms with Crippen LogP contribution in [0.15, 0.2) is 48.5 Å². The first kappa shape index (κ1) is 20.8. The number of rotatable bonds is 6. The first-order valence-electron chi connectivity index (χ1n) is 8.77. The van der Waals surface area contributed by atoms with Crippen LogP contribution in [0.2, 0.25) is 0 Å². The summed E-state index contributed by atoms with van der Waals surface area (Å²) in [5, 5.41) is 8.28. The molecule has 154 valence electrons. The molecule has 0 saturated carbocycles. The van der Waals surface area contributed by atoms with E-state index in [2.05, 4.69) is 20.9 Å². The summed E-state index contributed by atoms with van der Waals surface area (Å²) in [6.07, 6.45) is 0. The van der Waals surface area contributed by atoms with Crippen LogP contribution in [-0.2, 0) is 0 Å². The zero-order chi connectivity index (χ0) is 21.7. The number of carbonyl (C=O) groups is 3. The lowest BCUT2D eigenvalue weighted by molar-refractivity contribution is 0.0998. The van der Waals surface area contributed by atoms with Gasteiger partial charge in [-0.15, -0.1) is 0 Å². The highest BCUT2D eigenvalue weighted by Crippen LogP contribution is 2.26. The highest BCUT2D eigenvalue weighted by Gasteiger charge is 2.17. The van der Waals surface area contributed by atoms with Crippen LogP contribution in [-0.4, -0.2) is 29.9 Å². The molecule has 0 saturated heterocycles. The number of nitrogens with zero attached hydrogens (tertiary/aromatic N) is 1. The number of hydrogen-bond acceptors (Lipinski definition) is 6. The van der Waals surface area contributed by atoms with Crippen molar-refractivity contribution in [1.29, 1.82) is 0 Å². The SMILES string of the molecule is COc1ccccc1NC(=O)Nc1nc(C)c(C(=O)Nc2ccc(C(N)=O)cc2)s1. The number of aromatic nitrogens is 1. The quantitative estimate of drug-likeness (QED) is 0.480. The minimum atomic E-state index is -0.548. The number of methoxy groups -OCH3 is 1. The van der Waals surface area contributed by atoms with Gasteiger partial charge in [-0.3, -0.25) is 14.9 Å². The lowest BCUT2D eigenvalue weighted by Gasteiger charge is -2.09. The number of anilines is 3. The molecule has 9 nitrogen and oxygen atoms in total. The van der Waals surface area contributed by atoms with Crippen LogP contribution in [0.1, 0.15) is 25.7 Å². The maximum absolute atomic E-state index is 12.6. The Morgan fingerprint density at radius 1 is 1.00 bits per heavy atom. The van der Waals surface area contributed by atoms with E-state index in [-0.39, 0.29) is 11.0 Å². The van der Waals surface area contributed by atoms with E-state index >= 15 is 0 Å². The number of nitrogens with one attached hydrogen (secondary N) is 3. The van der Waals surface area contributed by atoms with Crippen molar-refractivity contribution in [2.75, 3.05) is 23.1 Å². The van der Waals surface area contributed by atoms with Crippen LogP contribution >= 0.6 is 11.3 Å². The summed E-state index contributed by atoms with van der Waals surface area (Å²) < 4.78 is 5.19. The Bertz CT molecular complexity index is 1090. The Hall–Kier alpha value is -3.92. The average molecular weight is 425 g/mol. The molecule has 0 spiro atoms. The van der Waals surface area contributed by atoms with Crippen molar-refractivity contribution in [1.82, 2.24) is 4.98 Å². The largest absolute Gasteiger partial charge is 0.495 e. The van der Waals surface area contributed by atoms with Gasteiger partial charge in [-0.1, -0.05) is 23.5 Å². The number of thiazole rings is 1. The Kier molecular flexibility index (Phi) is 6.28. The van der Waals surface area contributed by atoms with Gasteiger partial charge < -0.3 is 21.1 Å². The van der Waals surface area contributed by atoms with E-state index in [0.29, 0.717) is 33.3 Å². The number of benzene rings is 2. The number of amides is 4. The number of primary amides is 1. The zero-order valence-corrected chi connectivity index (χ0v) is 17.0. The predicted octanol–water partition coefficient (Wildman–Crippen LogP) is 3.46. The molecular formula is C20H19N5O4S. The Morgan fingerprint density at radius 3 is 2.37 bits per heavy atom. The second-order valence-corrected chi connectivity index (χ2v) is 7.11. The predicted molar refractivity (Wildman–Crippen MR) is 115 cm³/mol. The van der Waals surface area contributed by atoms with Crippen LogP contribution in [0, 0.1) is 6.92 Å². The first-order valence-corrected chi connectivity index (χ1v) is 9.58. The molecule has 1 heterocycles. The Morgan fingerprint density at radius 2 is 1.70 bits per heavy atom. The standard InChI is InChI=1S/C20H19N5O4S/c1-11-16(18(27)23-13-9-7-12(8-10-13)17(21)26)30-20(22-11)25-19(28)24-14-5-3-4-6-15(14)29-2/h3-10H,1-2H3,(H2,21,26)(H,23,27)(H2,22,24,25,28). The fourth-order valence-corrected chi connectivity index (χ4v) is 3.42. The van der Waals surface area contributed by atoms with Gasteiger partial charge in [-0.2, -0.15) is 0 Å². The number of aryl methyl sites for hydroxylation is 1. The molecule has 1 aromatic heterocycles. The molecule has 30 heavy (non-hydrogen) atoms. The van der Waals surface area contributed by atoms with E-state index in [4.69, 9.17) is 10.5 Å². The van der Waals surface area contributed by atoms with Crippen LogP contribution < -0.4 is 26.4 Å². The molecule has 0 aliphatic rings. The molecular weight excluding hydrogens is 406 g/mol. The van der Waals surface area contributed by atoms with E-state index in [1.807, 2.05) is 0 Å². The summed E-state index contributed by atoms with van der Waals surface area (Å²) in [4.78, 5) is 40.5. The van der Waals surface area contributed by atoms with Crippen molar-refractivity contribution in [2.24, 2.45) is 5.73 Å². The third kappa shape index (κ3) is 4.92. The maximum Gasteiger partial charge on any atom is 0.325 e. The van der Waals surface area contributed by atoms with Gasteiger partial charge in [0.15, 0.2) is 5.13 Å². The van der Waals surface area contributed by atoms with Crippen molar-refractivity contribution >= 4 is 45.7 Å². The minimum Gasteiger partial charge on any atom is -0.495 e. The third-order valence-electron chi connectivity index (χ3n) is 4.01. The van der Waals surface area contributed by atoms with Crippen molar-refractivity contribution in [3.63, 3.8) is 0 Å². The van der Waals surface area contributed by atoms with E-state index in [1.165, 1.54) is 19.2 Å². The van der Waals surface area contributed by atoms with Crippen molar-refractivity contribution in [2.45, 2.75) is 6.92 Å². The number of urea groups is 1. The molecule has 0 fully saturated rings. The summed E-state index contributed by atoms with van der Waals surface area (Å²) in [7, 11) is 1.51. The van der Waals surface area contributed by atoms with Gasteiger partial charge in [0.1, 0.15) is 10.6 Å². The summed E-state index contributed by atoms with van der Waals surface area (Å²) in [5.41, 5.74) is 7.02. The minimum absolute atomic E-state index is 0.272. The maximum atomic E-state index is 12.6. The van der Waals surface area contributed by atoms with Gasteiger partial charge >= 0.3 is 6.03 Å². The molecule has 0 aliphatic carbocycles. The molecule has 3 aromatic rings. The summed E-state index contributed by atoms with van der Waals surface area (Å²) in [5.74, 6) is -0.409. The Balaban J connectivity index is 1.66. The second kappa shape index (κ2) is 9.05. The molecule has 10 heteroatoms. The van der Waals surface area contributed by atoms with Crippen LogP contribution in [0.4, 0.5) is 21.3 Å². The van der Waals surface area contributed by atoms with Crippen molar-refractivity contribution in [3.8, 4) is 5.75 Å². The summed E-state index contributed by atoms with van der Waals surface area (Å²) in [6, 6.07) is 12.7. The van der Waals surface area contributed by atoms with Crippen LogP contribution in [0.5, 0.6) is 5.75 Å². The highest BCUT2D eigenvalue weighted by atomic mass is 32.1. The number of carbonyl (C=O) groups excluding carboxylic acids is 3. The van der Waals surface area contributed by atoms with Gasteiger partial charge in [0, 0.05) is 11.3 Å². The highest BCUT2D eigenvalue weighted by molar-refractivity contribution is 7.17.